The van der Waals surface area contributed by atoms with E-state index >= 15 is 0 Å². The molecule has 1 saturated carbocycles. The number of anilines is 1. The van der Waals surface area contributed by atoms with Crippen LogP contribution in [0.5, 0.6) is 0 Å². The lowest BCUT2D eigenvalue weighted by atomic mass is 9.95. The summed E-state index contributed by atoms with van der Waals surface area (Å²) < 4.78 is 2.01. The molecule has 3 aliphatic rings. The third-order valence-electron chi connectivity index (χ3n) is 6.15. The molecular weight excluding hydrogens is 326 g/mol. The largest absolute Gasteiger partial charge is 0.356 e. The molecule has 6 heteroatoms. The van der Waals surface area contributed by atoms with Crippen LogP contribution in [0.15, 0.2) is 12.4 Å². The van der Waals surface area contributed by atoms with Crippen molar-refractivity contribution in [2.45, 2.75) is 51.4 Å². The monoisotopic (exact) mass is 353 g/mol. The number of carbonyl (C=O) groups is 1. The van der Waals surface area contributed by atoms with E-state index in [0.29, 0.717) is 0 Å². The van der Waals surface area contributed by atoms with Crippen LogP contribution in [0, 0.1) is 11.8 Å². The number of hydrogen-bond donors (Lipinski definition) is 1. The highest BCUT2D eigenvalue weighted by molar-refractivity contribution is 5.80. The van der Waals surface area contributed by atoms with Gasteiger partial charge in [0.25, 0.3) is 0 Å². The summed E-state index contributed by atoms with van der Waals surface area (Å²) in [5.74, 6) is 2.04. The number of piperidine rings is 1. The van der Waals surface area contributed by atoms with Crippen molar-refractivity contribution >= 4 is 17.2 Å². The molecule has 3 heterocycles. The smallest absolute Gasteiger partial charge is 0.224 e. The fourth-order valence-corrected chi connectivity index (χ4v) is 4.47. The Morgan fingerprint density at radius 1 is 1.19 bits per heavy atom. The van der Waals surface area contributed by atoms with Crippen LogP contribution in [-0.4, -0.2) is 40.1 Å². The lowest BCUT2D eigenvalue weighted by Gasteiger charge is -2.33. The fraction of sp³-hybridized carbons (Fsp3) is 0.650. The van der Waals surface area contributed by atoms with Crippen LogP contribution in [0.4, 0.5) is 5.82 Å². The molecule has 2 aromatic heterocycles. The zero-order valence-corrected chi connectivity index (χ0v) is 15.3. The first-order chi connectivity index (χ1) is 12.8. The van der Waals surface area contributed by atoms with Crippen molar-refractivity contribution in [3.05, 3.63) is 23.7 Å². The molecule has 1 aliphatic heterocycles. The van der Waals surface area contributed by atoms with E-state index < -0.39 is 0 Å². The van der Waals surface area contributed by atoms with Crippen molar-refractivity contribution in [3.63, 3.8) is 0 Å². The molecule has 0 aromatic carbocycles. The zero-order valence-electron chi connectivity index (χ0n) is 15.3. The van der Waals surface area contributed by atoms with Crippen LogP contribution in [0.2, 0.25) is 0 Å². The lowest BCUT2D eigenvalue weighted by molar-refractivity contribution is -0.125. The Bertz CT molecular complexity index is 825. The average Bonchev–Trinajstić information content (AvgIpc) is 3.44. The van der Waals surface area contributed by atoms with Crippen LogP contribution < -0.4 is 10.2 Å². The number of aromatic nitrogens is 3. The molecule has 138 valence electrons. The zero-order chi connectivity index (χ0) is 17.5. The molecule has 2 aromatic rings. The van der Waals surface area contributed by atoms with E-state index in [9.17, 15) is 4.79 Å². The quantitative estimate of drug-likeness (QED) is 0.916. The van der Waals surface area contributed by atoms with E-state index in [1.807, 2.05) is 16.9 Å². The predicted octanol–water partition coefficient (Wildman–Crippen LogP) is 2.35. The number of nitrogens with one attached hydrogen (secondary N) is 1. The summed E-state index contributed by atoms with van der Waals surface area (Å²) in [6.45, 7) is 2.60. The van der Waals surface area contributed by atoms with Crippen LogP contribution in [-0.2, 0) is 17.6 Å². The summed E-state index contributed by atoms with van der Waals surface area (Å²) in [5.41, 5.74) is 3.78. The molecule has 1 N–H and O–H groups in total. The Morgan fingerprint density at radius 3 is 2.96 bits per heavy atom. The van der Waals surface area contributed by atoms with Gasteiger partial charge in [-0.2, -0.15) is 5.10 Å². The molecule has 1 saturated heterocycles. The summed E-state index contributed by atoms with van der Waals surface area (Å²) in [4.78, 5) is 19.6. The van der Waals surface area contributed by atoms with Crippen LogP contribution in [0.3, 0.4) is 0 Å². The standard InChI is InChI=1S/C20H27N5O/c26-20(22-12-14-7-8-14)15-4-3-10-24(13-15)19-18-16-5-1-2-6-17(16)23-25(18)11-9-21-19/h9,11,14-15H,1-8,10,12-13H2,(H,22,26)/t15-/m1/s1. The van der Waals surface area contributed by atoms with Crippen molar-refractivity contribution in [1.29, 1.82) is 0 Å². The maximum Gasteiger partial charge on any atom is 0.224 e. The first-order valence-electron chi connectivity index (χ1n) is 10.2. The van der Waals surface area contributed by atoms with Gasteiger partial charge in [0.15, 0.2) is 5.82 Å². The Hall–Kier alpha value is -2.11. The van der Waals surface area contributed by atoms with E-state index in [1.54, 1.807) is 0 Å². The number of rotatable bonds is 4. The Labute approximate surface area is 154 Å². The van der Waals surface area contributed by atoms with Gasteiger partial charge in [0.2, 0.25) is 5.91 Å². The predicted molar refractivity (Wildman–Crippen MR) is 100 cm³/mol. The Balaban J connectivity index is 1.40. The molecule has 0 unspecified atom stereocenters. The van der Waals surface area contributed by atoms with E-state index in [0.717, 1.165) is 57.1 Å². The van der Waals surface area contributed by atoms with E-state index in [-0.39, 0.29) is 11.8 Å². The molecule has 6 nitrogen and oxygen atoms in total. The SMILES string of the molecule is O=C(NCC1CC1)[C@@H]1CCCN(c2nccn3nc4c(c23)CCCC4)C1. The minimum Gasteiger partial charge on any atom is -0.356 e. The summed E-state index contributed by atoms with van der Waals surface area (Å²) in [6.07, 6.45) is 13.0. The van der Waals surface area contributed by atoms with Gasteiger partial charge in [-0.3, -0.25) is 4.79 Å². The second kappa shape index (κ2) is 6.56. The number of aryl methyl sites for hydroxylation is 2. The minimum atomic E-state index is 0.0725. The number of fused-ring (bicyclic) bond motifs is 3. The van der Waals surface area contributed by atoms with Gasteiger partial charge in [0, 0.05) is 37.6 Å². The van der Waals surface area contributed by atoms with Gasteiger partial charge in [0.05, 0.1) is 11.6 Å². The normalized spacial score (nSPS) is 23.1. The second-order valence-corrected chi connectivity index (χ2v) is 8.15. The topological polar surface area (TPSA) is 62.5 Å². The van der Waals surface area contributed by atoms with Gasteiger partial charge >= 0.3 is 0 Å². The highest BCUT2D eigenvalue weighted by Crippen LogP contribution is 2.32. The summed E-state index contributed by atoms with van der Waals surface area (Å²) in [7, 11) is 0. The van der Waals surface area contributed by atoms with Gasteiger partial charge in [-0.25, -0.2) is 9.50 Å². The molecular formula is C20H27N5O. The molecule has 2 aliphatic carbocycles. The van der Waals surface area contributed by atoms with Crippen LogP contribution in [0.1, 0.15) is 49.8 Å². The van der Waals surface area contributed by atoms with Crippen molar-refractivity contribution in [3.8, 4) is 0 Å². The lowest BCUT2D eigenvalue weighted by Crippen LogP contribution is -2.44. The van der Waals surface area contributed by atoms with Crippen LogP contribution in [0.25, 0.3) is 5.52 Å². The molecule has 2 fully saturated rings. The Kier molecular flexibility index (Phi) is 4.06. The summed E-state index contributed by atoms with van der Waals surface area (Å²) >= 11 is 0. The first-order valence-corrected chi connectivity index (χ1v) is 10.2. The number of carbonyl (C=O) groups excluding carboxylic acids is 1. The minimum absolute atomic E-state index is 0.0725. The molecule has 0 spiro atoms. The van der Waals surface area contributed by atoms with Crippen molar-refractivity contribution in [2.24, 2.45) is 11.8 Å². The second-order valence-electron chi connectivity index (χ2n) is 8.15. The molecule has 1 amide bonds. The number of hydrogen-bond acceptors (Lipinski definition) is 4. The van der Waals surface area contributed by atoms with Crippen molar-refractivity contribution in [2.75, 3.05) is 24.5 Å². The molecule has 0 bridgehead atoms. The summed E-state index contributed by atoms with van der Waals surface area (Å²) in [5, 5.41) is 7.95. The molecule has 0 radical (unpaired) electrons. The molecule has 5 rings (SSSR count). The third-order valence-corrected chi connectivity index (χ3v) is 6.15. The number of nitrogens with zero attached hydrogens (tertiary/aromatic N) is 4. The van der Waals surface area contributed by atoms with Crippen molar-refractivity contribution < 1.29 is 4.79 Å². The van der Waals surface area contributed by atoms with Gasteiger partial charge < -0.3 is 10.2 Å². The van der Waals surface area contributed by atoms with Gasteiger partial charge in [-0.15, -0.1) is 0 Å². The van der Waals surface area contributed by atoms with Crippen LogP contribution >= 0.6 is 0 Å². The number of amides is 1. The van der Waals surface area contributed by atoms with Gasteiger partial charge in [-0.05, 0) is 57.3 Å². The molecule has 1 atom stereocenters. The summed E-state index contributed by atoms with van der Waals surface area (Å²) in [6, 6.07) is 0. The first kappa shape index (κ1) is 16.1. The third kappa shape index (κ3) is 2.95. The van der Waals surface area contributed by atoms with E-state index in [1.165, 1.54) is 42.5 Å². The average molecular weight is 353 g/mol. The van der Waals surface area contributed by atoms with E-state index in [4.69, 9.17) is 10.1 Å². The highest BCUT2D eigenvalue weighted by Gasteiger charge is 2.30. The van der Waals surface area contributed by atoms with Gasteiger partial charge in [-0.1, -0.05) is 0 Å². The maximum absolute atomic E-state index is 12.6. The fourth-order valence-electron chi connectivity index (χ4n) is 4.47. The Morgan fingerprint density at radius 2 is 2.08 bits per heavy atom. The highest BCUT2D eigenvalue weighted by atomic mass is 16.1. The van der Waals surface area contributed by atoms with Gasteiger partial charge in [0.1, 0.15) is 5.52 Å². The maximum atomic E-state index is 12.6. The van der Waals surface area contributed by atoms with Crippen molar-refractivity contribution in [1.82, 2.24) is 19.9 Å². The molecule has 26 heavy (non-hydrogen) atoms. The van der Waals surface area contributed by atoms with E-state index in [2.05, 4.69) is 10.2 Å².